The summed E-state index contributed by atoms with van der Waals surface area (Å²) in [5, 5.41) is 11.7. The molecule has 0 radical (unpaired) electrons. The van der Waals surface area contributed by atoms with E-state index in [1.165, 1.54) is 0 Å². The smallest absolute Gasteiger partial charge is 0.0638 e. The molecule has 0 saturated heterocycles. The maximum Gasteiger partial charge on any atom is 0.0638 e. The number of nitrogens with one attached hydrogen (secondary N) is 1. The summed E-state index contributed by atoms with van der Waals surface area (Å²) in [5.74, 6) is 0. The Hall–Kier alpha value is -0.810. The summed E-state index contributed by atoms with van der Waals surface area (Å²) >= 11 is 0. The quantitative estimate of drug-likeness (QED) is 0.610. The first-order chi connectivity index (χ1) is 5.20. The lowest BCUT2D eigenvalue weighted by Crippen LogP contribution is -2.33. The number of hydrogen-bond acceptors (Lipinski definition) is 2. The zero-order valence-electron chi connectivity index (χ0n) is 7.30. The second kappa shape index (κ2) is 5.94. The largest absolute Gasteiger partial charge is 0.310 e. The monoisotopic (exact) mass is 152 g/mol. The molecule has 0 rings (SSSR count). The normalized spacial score (nSPS) is 15.0. The fourth-order valence-corrected chi connectivity index (χ4v) is 1.000. The first-order valence-corrected chi connectivity index (χ1v) is 3.94. The van der Waals surface area contributed by atoms with E-state index in [0.29, 0.717) is 12.5 Å². The zero-order chi connectivity index (χ0) is 8.69. The van der Waals surface area contributed by atoms with Gasteiger partial charge in [-0.3, -0.25) is 0 Å². The van der Waals surface area contributed by atoms with E-state index in [-0.39, 0.29) is 6.04 Å². The highest BCUT2D eigenvalue weighted by Crippen LogP contribution is 1.95. The van der Waals surface area contributed by atoms with Crippen LogP contribution in [0.5, 0.6) is 0 Å². The second-order valence-corrected chi connectivity index (χ2v) is 2.86. The highest BCUT2D eigenvalue weighted by atomic mass is 14.9. The van der Waals surface area contributed by atoms with Crippen molar-refractivity contribution in [2.45, 2.75) is 38.8 Å². The van der Waals surface area contributed by atoms with Gasteiger partial charge in [-0.25, -0.2) is 0 Å². The standard InChI is InChI=1S/C9H16N2/c1-4-5-8(2)11-9(3)6-7-10/h4,8-9,11H,1,5-6H2,2-3H3. The molecule has 0 saturated carbocycles. The van der Waals surface area contributed by atoms with Crippen LogP contribution in [0.1, 0.15) is 26.7 Å². The molecule has 0 aromatic heterocycles. The summed E-state index contributed by atoms with van der Waals surface area (Å²) in [6.45, 7) is 7.76. The first-order valence-electron chi connectivity index (χ1n) is 3.94. The Balaban J connectivity index is 3.49. The van der Waals surface area contributed by atoms with Crippen molar-refractivity contribution in [3.8, 4) is 6.07 Å². The van der Waals surface area contributed by atoms with Crippen molar-refractivity contribution in [2.24, 2.45) is 0 Å². The van der Waals surface area contributed by atoms with Gasteiger partial charge in [0.05, 0.1) is 12.5 Å². The van der Waals surface area contributed by atoms with Crippen LogP contribution in [0.15, 0.2) is 12.7 Å². The topological polar surface area (TPSA) is 35.8 Å². The molecule has 1 N–H and O–H groups in total. The molecule has 62 valence electrons. The fraction of sp³-hybridized carbons (Fsp3) is 0.667. The Labute approximate surface area is 68.9 Å². The Morgan fingerprint density at radius 2 is 2.18 bits per heavy atom. The van der Waals surface area contributed by atoms with E-state index in [2.05, 4.69) is 24.9 Å². The lowest BCUT2D eigenvalue weighted by molar-refractivity contribution is 0.474. The fourth-order valence-electron chi connectivity index (χ4n) is 1.000. The molecular formula is C9H16N2. The van der Waals surface area contributed by atoms with Gasteiger partial charge >= 0.3 is 0 Å². The highest BCUT2D eigenvalue weighted by molar-refractivity contribution is 4.81. The van der Waals surface area contributed by atoms with E-state index in [4.69, 9.17) is 5.26 Å². The SMILES string of the molecule is C=CCC(C)NC(C)CC#N. The molecule has 0 aliphatic carbocycles. The van der Waals surface area contributed by atoms with Gasteiger partial charge in [0.15, 0.2) is 0 Å². The van der Waals surface area contributed by atoms with Crippen LogP contribution in [0.2, 0.25) is 0 Å². The first kappa shape index (κ1) is 10.2. The van der Waals surface area contributed by atoms with Crippen LogP contribution in [0, 0.1) is 11.3 Å². The van der Waals surface area contributed by atoms with E-state index in [1.54, 1.807) is 0 Å². The molecule has 2 unspecified atom stereocenters. The van der Waals surface area contributed by atoms with Crippen molar-refractivity contribution in [1.82, 2.24) is 5.32 Å². The third kappa shape index (κ3) is 5.63. The maximum absolute atomic E-state index is 8.37. The van der Waals surface area contributed by atoms with Crippen LogP contribution in [0.25, 0.3) is 0 Å². The van der Waals surface area contributed by atoms with Crippen LogP contribution < -0.4 is 5.32 Å². The van der Waals surface area contributed by atoms with Gasteiger partial charge in [0, 0.05) is 12.1 Å². The highest BCUT2D eigenvalue weighted by Gasteiger charge is 2.03. The van der Waals surface area contributed by atoms with Gasteiger partial charge in [0.1, 0.15) is 0 Å². The van der Waals surface area contributed by atoms with Gasteiger partial charge in [-0.2, -0.15) is 5.26 Å². The van der Waals surface area contributed by atoms with E-state index in [1.807, 2.05) is 13.0 Å². The minimum Gasteiger partial charge on any atom is -0.310 e. The van der Waals surface area contributed by atoms with Gasteiger partial charge in [-0.15, -0.1) is 6.58 Å². The van der Waals surface area contributed by atoms with Crippen LogP contribution >= 0.6 is 0 Å². The predicted octanol–water partition coefficient (Wildman–Crippen LogP) is 1.84. The lowest BCUT2D eigenvalue weighted by Gasteiger charge is -2.15. The number of rotatable bonds is 5. The van der Waals surface area contributed by atoms with E-state index < -0.39 is 0 Å². The molecular weight excluding hydrogens is 136 g/mol. The summed E-state index contributed by atoms with van der Waals surface area (Å²) in [5.41, 5.74) is 0. The van der Waals surface area contributed by atoms with Gasteiger partial charge in [0.25, 0.3) is 0 Å². The van der Waals surface area contributed by atoms with E-state index in [9.17, 15) is 0 Å². The molecule has 11 heavy (non-hydrogen) atoms. The van der Waals surface area contributed by atoms with Crippen LogP contribution in [-0.4, -0.2) is 12.1 Å². The van der Waals surface area contributed by atoms with Crippen molar-refractivity contribution >= 4 is 0 Å². The zero-order valence-corrected chi connectivity index (χ0v) is 7.30. The molecule has 2 nitrogen and oxygen atoms in total. The van der Waals surface area contributed by atoms with Gasteiger partial charge < -0.3 is 5.32 Å². The van der Waals surface area contributed by atoms with Crippen LogP contribution in [0.3, 0.4) is 0 Å². The molecule has 0 bridgehead atoms. The number of nitriles is 1. The molecule has 0 aliphatic rings. The molecule has 0 heterocycles. The van der Waals surface area contributed by atoms with Crippen molar-refractivity contribution < 1.29 is 0 Å². The predicted molar refractivity (Wildman–Crippen MR) is 47.1 cm³/mol. The molecule has 2 atom stereocenters. The van der Waals surface area contributed by atoms with Crippen LogP contribution in [0.4, 0.5) is 0 Å². The summed E-state index contributed by atoms with van der Waals surface area (Å²) in [6.07, 6.45) is 3.41. The molecule has 0 fully saturated rings. The molecule has 0 amide bonds. The Morgan fingerprint density at radius 1 is 1.55 bits per heavy atom. The molecule has 0 spiro atoms. The Kier molecular flexibility index (Phi) is 5.50. The average molecular weight is 152 g/mol. The van der Waals surface area contributed by atoms with Gasteiger partial charge in [0.2, 0.25) is 0 Å². The summed E-state index contributed by atoms with van der Waals surface area (Å²) in [4.78, 5) is 0. The summed E-state index contributed by atoms with van der Waals surface area (Å²) < 4.78 is 0. The number of hydrogen-bond donors (Lipinski definition) is 1. The minimum atomic E-state index is 0.287. The third-order valence-electron chi connectivity index (χ3n) is 1.49. The molecule has 0 aromatic carbocycles. The molecule has 2 heteroatoms. The van der Waals surface area contributed by atoms with Crippen LogP contribution in [-0.2, 0) is 0 Å². The molecule has 0 aliphatic heterocycles. The van der Waals surface area contributed by atoms with Gasteiger partial charge in [-0.05, 0) is 20.3 Å². The van der Waals surface area contributed by atoms with Crippen molar-refractivity contribution in [3.63, 3.8) is 0 Å². The van der Waals surface area contributed by atoms with Crippen molar-refractivity contribution in [3.05, 3.63) is 12.7 Å². The van der Waals surface area contributed by atoms with Crippen molar-refractivity contribution in [2.75, 3.05) is 0 Å². The van der Waals surface area contributed by atoms with E-state index >= 15 is 0 Å². The minimum absolute atomic E-state index is 0.287. The maximum atomic E-state index is 8.37. The number of nitrogens with zero attached hydrogens (tertiary/aromatic N) is 1. The van der Waals surface area contributed by atoms with Gasteiger partial charge in [-0.1, -0.05) is 6.08 Å². The van der Waals surface area contributed by atoms with Crippen molar-refractivity contribution in [1.29, 1.82) is 5.26 Å². The lowest BCUT2D eigenvalue weighted by atomic mass is 10.2. The summed E-state index contributed by atoms with van der Waals surface area (Å²) in [6, 6.07) is 2.84. The van der Waals surface area contributed by atoms with E-state index in [0.717, 1.165) is 6.42 Å². The Bertz CT molecular complexity index is 146. The average Bonchev–Trinajstić information content (AvgIpc) is 1.87. The Morgan fingerprint density at radius 3 is 2.64 bits per heavy atom. The molecule has 0 aromatic rings. The summed E-state index contributed by atoms with van der Waals surface area (Å²) in [7, 11) is 0. The third-order valence-corrected chi connectivity index (χ3v) is 1.49. The second-order valence-electron chi connectivity index (χ2n) is 2.86.